The molecule has 1 fully saturated rings. The van der Waals surface area contributed by atoms with E-state index in [0.29, 0.717) is 18.3 Å². The molecule has 18 heavy (non-hydrogen) atoms. The van der Waals surface area contributed by atoms with Crippen LogP contribution >= 0.6 is 0 Å². The van der Waals surface area contributed by atoms with E-state index in [1.54, 1.807) is 0 Å². The summed E-state index contributed by atoms with van der Waals surface area (Å²) in [6.45, 7) is 2.29. The van der Waals surface area contributed by atoms with E-state index in [1.165, 1.54) is 0 Å². The number of aromatic nitrogens is 5. The highest BCUT2D eigenvalue weighted by Gasteiger charge is 2.25. The van der Waals surface area contributed by atoms with E-state index in [0.717, 1.165) is 13.1 Å². The van der Waals surface area contributed by atoms with Gasteiger partial charge in [0.1, 0.15) is 6.10 Å². The molecule has 0 aromatic carbocycles. The molecule has 3 N–H and O–H groups in total. The number of hydrogen-bond donors (Lipinski definition) is 2. The monoisotopic (exact) mass is 251 g/mol. The maximum atomic E-state index is 5.59. The van der Waals surface area contributed by atoms with Gasteiger partial charge in [-0.1, -0.05) is 5.16 Å². The molecule has 1 saturated heterocycles. The van der Waals surface area contributed by atoms with Gasteiger partial charge >= 0.3 is 0 Å². The summed E-state index contributed by atoms with van der Waals surface area (Å²) in [6.07, 6.45) is -0.179. The molecule has 0 saturated carbocycles. The standard InChI is InChI=1S/C9H13N7O2/c1-16-2-3-17-5(4-16)6-11-8(18-15-6)7-12-9(10)14-13-7/h5H,2-4H2,1H3,(H3,10,12,13,14). The fourth-order valence-electron chi connectivity index (χ4n) is 1.77. The smallest absolute Gasteiger partial charge is 0.295 e. The molecule has 3 heterocycles. The summed E-state index contributed by atoms with van der Waals surface area (Å²) >= 11 is 0. The van der Waals surface area contributed by atoms with Gasteiger partial charge in [-0.05, 0) is 7.05 Å². The minimum atomic E-state index is -0.179. The number of nitrogens with zero attached hydrogens (tertiary/aromatic N) is 5. The van der Waals surface area contributed by atoms with E-state index in [2.05, 4.69) is 30.2 Å². The second kappa shape index (κ2) is 4.35. The molecule has 2 aromatic heterocycles. The molecule has 1 unspecified atom stereocenters. The number of hydrogen-bond acceptors (Lipinski definition) is 8. The van der Waals surface area contributed by atoms with Gasteiger partial charge in [0.2, 0.25) is 17.6 Å². The Morgan fingerprint density at radius 2 is 2.33 bits per heavy atom. The van der Waals surface area contributed by atoms with Crippen LogP contribution in [-0.2, 0) is 4.74 Å². The number of anilines is 1. The van der Waals surface area contributed by atoms with E-state index >= 15 is 0 Å². The molecule has 0 amide bonds. The highest BCUT2D eigenvalue weighted by atomic mass is 16.5. The summed E-state index contributed by atoms with van der Waals surface area (Å²) in [6, 6.07) is 0. The molecular formula is C9H13N7O2. The maximum Gasteiger partial charge on any atom is 0.295 e. The van der Waals surface area contributed by atoms with Crippen LogP contribution in [0.3, 0.4) is 0 Å². The van der Waals surface area contributed by atoms with Crippen molar-refractivity contribution in [2.45, 2.75) is 6.10 Å². The van der Waals surface area contributed by atoms with Crippen molar-refractivity contribution in [1.29, 1.82) is 0 Å². The summed E-state index contributed by atoms with van der Waals surface area (Å²) in [5, 5.41) is 10.2. The minimum absolute atomic E-state index is 0.137. The SMILES string of the molecule is CN1CCOC(c2noc(-c3nc(N)n[nH]3)n2)C1. The van der Waals surface area contributed by atoms with Crippen molar-refractivity contribution in [2.75, 3.05) is 32.5 Å². The zero-order valence-electron chi connectivity index (χ0n) is 9.83. The summed E-state index contributed by atoms with van der Waals surface area (Å²) in [5.74, 6) is 1.26. The highest BCUT2D eigenvalue weighted by molar-refractivity contribution is 5.41. The lowest BCUT2D eigenvalue weighted by Gasteiger charge is -2.27. The van der Waals surface area contributed by atoms with Crippen LogP contribution in [0, 0.1) is 0 Å². The molecule has 1 atom stereocenters. The quantitative estimate of drug-likeness (QED) is 0.729. The first-order valence-corrected chi connectivity index (χ1v) is 5.54. The van der Waals surface area contributed by atoms with Crippen LogP contribution in [0.5, 0.6) is 0 Å². The number of H-pyrrole nitrogens is 1. The predicted octanol–water partition coefficient (Wildman–Crippen LogP) is -0.560. The Labute approximate surface area is 102 Å². The van der Waals surface area contributed by atoms with Gasteiger partial charge in [-0.15, -0.1) is 5.10 Å². The number of morpholine rings is 1. The average Bonchev–Trinajstić information content (AvgIpc) is 2.97. The summed E-state index contributed by atoms with van der Waals surface area (Å²) < 4.78 is 10.7. The summed E-state index contributed by atoms with van der Waals surface area (Å²) in [7, 11) is 2.02. The van der Waals surface area contributed by atoms with E-state index in [-0.39, 0.29) is 17.9 Å². The van der Waals surface area contributed by atoms with Crippen LogP contribution in [0.4, 0.5) is 5.95 Å². The number of ether oxygens (including phenoxy) is 1. The Kier molecular flexibility index (Phi) is 2.68. The number of nitrogens with one attached hydrogen (secondary N) is 1. The number of nitrogens with two attached hydrogens (primary N) is 1. The van der Waals surface area contributed by atoms with Crippen LogP contribution in [0.2, 0.25) is 0 Å². The van der Waals surface area contributed by atoms with Gasteiger partial charge in [0, 0.05) is 13.1 Å². The molecule has 1 aliphatic rings. The Balaban J connectivity index is 1.80. The van der Waals surface area contributed by atoms with Gasteiger partial charge in [0.25, 0.3) is 5.89 Å². The number of rotatable bonds is 2. The second-order valence-electron chi connectivity index (χ2n) is 4.12. The molecule has 96 valence electrons. The topological polar surface area (TPSA) is 119 Å². The first kappa shape index (κ1) is 11.1. The zero-order chi connectivity index (χ0) is 12.5. The lowest BCUT2D eigenvalue weighted by atomic mass is 10.3. The molecule has 9 heteroatoms. The normalized spacial score (nSPS) is 21.3. The van der Waals surface area contributed by atoms with Crippen LogP contribution in [0.15, 0.2) is 4.52 Å². The van der Waals surface area contributed by atoms with Crippen molar-refractivity contribution in [1.82, 2.24) is 30.2 Å². The van der Waals surface area contributed by atoms with E-state index < -0.39 is 0 Å². The first-order chi connectivity index (χ1) is 8.72. The molecule has 1 aliphatic heterocycles. The van der Waals surface area contributed by atoms with Gasteiger partial charge in [-0.25, -0.2) is 0 Å². The predicted molar refractivity (Wildman–Crippen MR) is 60.3 cm³/mol. The van der Waals surface area contributed by atoms with Crippen LogP contribution in [0.25, 0.3) is 11.7 Å². The third-order valence-electron chi connectivity index (χ3n) is 2.70. The van der Waals surface area contributed by atoms with E-state index in [4.69, 9.17) is 15.0 Å². The zero-order valence-corrected chi connectivity index (χ0v) is 9.83. The number of nitrogen functional groups attached to an aromatic ring is 1. The van der Waals surface area contributed by atoms with Gasteiger partial charge in [-0.2, -0.15) is 9.97 Å². The fourth-order valence-corrected chi connectivity index (χ4v) is 1.77. The maximum absolute atomic E-state index is 5.59. The Hall–Kier alpha value is -2.00. The Bertz CT molecular complexity index is 537. The molecule has 0 radical (unpaired) electrons. The van der Waals surface area contributed by atoms with Crippen molar-refractivity contribution in [3.63, 3.8) is 0 Å². The number of aromatic amines is 1. The van der Waals surface area contributed by atoms with Crippen molar-refractivity contribution in [2.24, 2.45) is 0 Å². The molecular weight excluding hydrogens is 238 g/mol. The molecule has 3 rings (SSSR count). The Morgan fingerprint density at radius 1 is 1.44 bits per heavy atom. The third kappa shape index (κ3) is 2.05. The molecule has 0 bridgehead atoms. The molecule has 2 aromatic rings. The molecule has 0 spiro atoms. The van der Waals surface area contributed by atoms with Crippen LogP contribution in [0.1, 0.15) is 11.9 Å². The largest absolute Gasteiger partial charge is 0.367 e. The van der Waals surface area contributed by atoms with Gasteiger partial charge in [0.05, 0.1) is 6.61 Å². The van der Waals surface area contributed by atoms with Crippen LogP contribution in [-0.4, -0.2) is 57.0 Å². The van der Waals surface area contributed by atoms with Crippen LogP contribution < -0.4 is 5.73 Å². The van der Waals surface area contributed by atoms with Crippen molar-refractivity contribution >= 4 is 5.95 Å². The summed E-state index contributed by atoms with van der Waals surface area (Å²) in [4.78, 5) is 10.3. The lowest BCUT2D eigenvalue weighted by Crippen LogP contribution is -2.35. The van der Waals surface area contributed by atoms with Gasteiger partial charge < -0.3 is 19.9 Å². The summed E-state index contributed by atoms with van der Waals surface area (Å²) in [5.41, 5.74) is 5.41. The average molecular weight is 251 g/mol. The fraction of sp³-hybridized carbons (Fsp3) is 0.556. The molecule has 0 aliphatic carbocycles. The van der Waals surface area contributed by atoms with E-state index in [9.17, 15) is 0 Å². The highest BCUT2D eigenvalue weighted by Crippen LogP contribution is 2.21. The third-order valence-corrected chi connectivity index (χ3v) is 2.70. The van der Waals surface area contributed by atoms with E-state index in [1.807, 2.05) is 7.05 Å². The lowest BCUT2D eigenvalue weighted by molar-refractivity contribution is -0.0264. The second-order valence-corrected chi connectivity index (χ2v) is 4.12. The number of likely N-dealkylation sites (N-methyl/N-ethyl adjacent to an activating group) is 1. The van der Waals surface area contributed by atoms with Gasteiger partial charge in [-0.3, -0.25) is 5.10 Å². The van der Waals surface area contributed by atoms with Crippen molar-refractivity contribution in [3.05, 3.63) is 5.82 Å². The van der Waals surface area contributed by atoms with Gasteiger partial charge in [0.15, 0.2) is 0 Å². The minimum Gasteiger partial charge on any atom is -0.367 e. The van der Waals surface area contributed by atoms with Crippen molar-refractivity contribution in [3.8, 4) is 11.7 Å². The van der Waals surface area contributed by atoms with Crippen molar-refractivity contribution < 1.29 is 9.26 Å². The molecule has 9 nitrogen and oxygen atoms in total. The first-order valence-electron chi connectivity index (χ1n) is 5.54. The Morgan fingerprint density at radius 3 is 3.06 bits per heavy atom.